The van der Waals surface area contributed by atoms with Crippen LogP contribution in [0, 0.1) is 0 Å². The Balaban J connectivity index is 1.67. The van der Waals surface area contributed by atoms with Crippen molar-refractivity contribution in [1.29, 1.82) is 0 Å². The molecule has 0 aliphatic carbocycles. The summed E-state index contributed by atoms with van der Waals surface area (Å²) in [4.78, 5) is 14.1. The molecule has 1 amide bonds. The smallest absolute Gasteiger partial charge is 0.246 e. The summed E-state index contributed by atoms with van der Waals surface area (Å²) in [6, 6.07) is 11.4. The molecule has 2 aromatic rings. The Morgan fingerprint density at radius 1 is 1.19 bits per heavy atom. The second-order valence-electron chi connectivity index (χ2n) is 5.89. The molecule has 0 radical (unpaired) electrons. The van der Waals surface area contributed by atoms with Crippen molar-refractivity contribution in [2.75, 3.05) is 27.4 Å². The molecule has 0 aromatic heterocycles. The Morgan fingerprint density at radius 2 is 1.96 bits per heavy atom. The number of carbonyl (C=O) groups is 1. The van der Waals surface area contributed by atoms with Gasteiger partial charge in [0, 0.05) is 29.7 Å². The number of amides is 1. The second kappa shape index (κ2) is 8.27. The lowest BCUT2D eigenvalue weighted by molar-refractivity contribution is -0.125. The Bertz CT molecular complexity index is 835. The van der Waals surface area contributed by atoms with Crippen molar-refractivity contribution in [3.63, 3.8) is 0 Å². The molecule has 3 rings (SSSR count). The summed E-state index contributed by atoms with van der Waals surface area (Å²) in [5, 5.41) is 0. The van der Waals surface area contributed by atoms with Crippen molar-refractivity contribution in [3.8, 4) is 17.2 Å². The molecule has 0 N–H and O–H groups in total. The Labute approximate surface area is 161 Å². The fourth-order valence-corrected chi connectivity index (χ4v) is 3.07. The first-order chi connectivity index (χ1) is 12.6. The van der Waals surface area contributed by atoms with E-state index >= 15 is 0 Å². The maximum atomic E-state index is 12.4. The molecule has 0 unspecified atom stereocenters. The molecule has 26 heavy (non-hydrogen) atoms. The molecular formula is C20H20BrNO4. The zero-order valence-corrected chi connectivity index (χ0v) is 16.3. The largest absolute Gasteiger partial charge is 0.496 e. The van der Waals surface area contributed by atoms with E-state index in [-0.39, 0.29) is 5.91 Å². The van der Waals surface area contributed by atoms with Crippen LogP contribution in [-0.2, 0) is 11.3 Å². The summed E-state index contributed by atoms with van der Waals surface area (Å²) >= 11 is 3.45. The van der Waals surface area contributed by atoms with Crippen LogP contribution in [0.25, 0.3) is 6.08 Å². The first-order valence-corrected chi connectivity index (χ1v) is 9.01. The van der Waals surface area contributed by atoms with Crippen LogP contribution >= 0.6 is 15.9 Å². The molecule has 0 fully saturated rings. The molecule has 5 nitrogen and oxygen atoms in total. The third kappa shape index (κ3) is 4.38. The van der Waals surface area contributed by atoms with E-state index in [1.165, 1.54) is 0 Å². The number of nitrogens with zero attached hydrogens (tertiary/aromatic N) is 1. The minimum atomic E-state index is -0.0954. The van der Waals surface area contributed by atoms with Gasteiger partial charge in [-0.15, -0.1) is 0 Å². The first-order valence-electron chi connectivity index (χ1n) is 8.22. The van der Waals surface area contributed by atoms with Crippen LogP contribution in [0.4, 0.5) is 0 Å². The third-order valence-corrected chi connectivity index (χ3v) is 4.50. The van der Waals surface area contributed by atoms with E-state index in [2.05, 4.69) is 15.9 Å². The van der Waals surface area contributed by atoms with Crippen LogP contribution in [0.1, 0.15) is 11.1 Å². The second-order valence-corrected chi connectivity index (χ2v) is 6.80. The Morgan fingerprint density at radius 3 is 2.73 bits per heavy atom. The SMILES string of the molecule is COc1ccc(Br)cc1CN(C)C(=O)C=Cc1ccc2c(c1)OCCO2. The van der Waals surface area contributed by atoms with Crippen LogP contribution in [0.2, 0.25) is 0 Å². The maximum absolute atomic E-state index is 12.4. The molecule has 0 spiro atoms. The van der Waals surface area contributed by atoms with Gasteiger partial charge in [-0.1, -0.05) is 22.0 Å². The number of ether oxygens (including phenoxy) is 3. The number of methoxy groups -OCH3 is 1. The average Bonchev–Trinajstić information content (AvgIpc) is 2.66. The topological polar surface area (TPSA) is 48.0 Å². The van der Waals surface area contributed by atoms with Gasteiger partial charge in [0.25, 0.3) is 0 Å². The van der Waals surface area contributed by atoms with Gasteiger partial charge in [-0.2, -0.15) is 0 Å². The van der Waals surface area contributed by atoms with Gasteiger partial charge in [-0.05, 0) is 42.0 Å². The lowest BCUT2D eigenvalue weighted by atomic mass is 10.1. The molecule has 136 valence electrons. The number of fused-ring (bicyclic) bond motifs is 1. The molecule has 1 aliphatic rings. The highest BCUT2D eigenvalue weighted by atomic mass is 79.9. The van der Waals surface area contributed by atoms with Gasteiger partial charge >= 0.3 is 0 Å². The highest BCUT2D eigenvalue weighted by Crippen LogP contribution is 2.31. The van der Waals surface area contributed by atoms with E-state index in [1.807, 2.05) is 36.4 Å². The van der Waals surface area contributed by atoms with Crippen LogP contribution in [0.15, 0.2) is 46.9 Å². The lowest BCUT2D eigenvalue weighted by Crippen LogP contribution is -2.24. The van der Waals surface area contributed by atoms with Crippen LogP contribution in [-0.4, -0.2) is 38.2 Å². The van der Waals surface area contributed by atoms with Gasteiger partial charge in [-0.25, -0.2) is 0 Å². The van der Waals surface area contributed by atoms with E-state index in [0.717, 1.165) is 27.1 Å². The number of likely N-dealkylation sites (N-methyl/N-ethyl adjacent to an activating group) is 1. The van der Waals surface area contributed by atoms with Crippen molar-refractivity contribution in [2.24, 2.45) is 0 Å². The van der Waals surface area contributed by atoms with Gasteiger partial charge in [0.1, 0.15) is 19.0 Å². The third-order valence-electron chi connectivity index (χ3n) is 4.01. The summed E-state index contributed by atoms with van der Waals surface area (Å²) in [6.07, 6.45) is 3.32. The molecule has 0 atom stereocenters. The molecule has 6 heteroatoms. The van der Waals surface area contributed by atoms with Crippen molar-refractivity contribution >= 4 is 27.9 Å². The highest BCUT2D eigenvalue weighted by molar-refractivity contribution is 9.10. The van der Waals surface area contributed by atoms with E-state index in [0.29, 0.717) is 25.5 Å². The van der Waals surface area contributed by atoms with Crippen molar-refractivity contribution in [3.05, 3.63) is 58.1 Å². The summed E-state index contributed by atoms with van der Waals surface area (Å²) in [5.74, 6) is 2.10. The van der Waals surface area contributed by atoms with Gasteiger partial charge < -0.3 is 19.1 Å². The number of halogens is 1. The summed E-state index contributed by atoms with van der Waals surface area (Å²) in [5.41, 5.74) is 1.82. The monoisotopic (exact) mass is 417 g/mol. The molecule has 0 bridgehead atoms. The fourth-order valence-electron chi connectivity index (χ4n) is 2.66. The predicted octanol–water partition coefficient (Wildman–Crippen LogP) is 3.90. The number of hydrogen-bond donors (Lipinski definition) is 0. The van der Waals surface area contributed by atoms with Crippen molar-refractivity contribution in [2.45, 2.75) is 6.54 Å². The minimum absolute atomic E-state index is 0.0954. The molecule has 1 aliphatic heterocycles. The maximum Gasteiger partial charge on any atom is 0.246 e. The number of rotatable bonds is 5. The molecule has 2 aromatic carbocycles. The summed E-state index contributed by atoms with van der Waals surface area (Å²) < 4.78 is 17.4. The normalized spacial score (nSPS) is 12.9. The molecule has 1 heterocycles. The van der Waals surface area contributed by atoms with E-state index in [9.17, 15) is 4.79 Å². The summed E-state index contributed by atoms with van der Waals surface area (Å²) in [7, 11) is 3.38. The Hall–Kier alpha value is -2.47. The Kier molecular flexibility index (Phi) is 5.83. The standard InChI is InChI=1S/C20H20BrNO4/c1-22(13-15-12-16(21)5-7-17(15)24-2)20(23)8-4-14-3-6-18-19(11-14)26-10-9-25-18/h3-8,11-12H,9-10,13H2,1-2H3. The molecule has 0 saturated carbocycles. The lowest BCUT2D eigenvalue weighted by Gasteiger charge is -2.18. The van der Waals surface area contributed by atoms with Gasteiger partial charge in [0.2, 0.25) is 5.91 Å². The number of benzene rings is 2. The predicted molar refractivity (Wildman–Crippen MR) is 104 cm³/mol. The van der Waals surface area contributed by atoms with Gasteiger partial charge in [-0.3, -0.25) is 4.79 Å². The quantitative estimate of drug-likeness (QED) is 0.692. The fraction of sp³-hybridized carbons (Fsp3) is 0.250. The van der Waals surface area contributed by atoms with Crippen LogP contribution in [0.5, 0.6) is 17.2 Å². The van der Waals surface area contributed by atoms with Crippen LogP contribution < -0.4 is 14.2 Å². The van der Waals surface area contributed by atoms with E-state index < -0.39 is 0 Å². The van der Waals surface area contributed by atoms with Crippen LogP contribution in [0.3, 0.4) is 0 Å². The average molecular weight is 418 g/mol. The summed E-state index contributed by atoms with van der Waals surface area (Å²) in [6.45, 7) is 1.55. The number of carbonyl (C=O) groups excluding carboxylic acids is 1. The van der Waals surface area contributed by atoms with Crippen molar-refractivity contribution < 1.29 is 19.0 Å². The van der Waals surface area contributed by atoms with E-state index in [1.54, 1.807) is 31.2 Å². The minimum Gasteiger partial charge on any atom is -0.496 e. The zero-order valence-electron chi connectivity index (χ0n) is 14.7. The van der Waals surface area contributed by atoms with E-state index in [4.69, 9.17) is 14.2 Å². The first kappa shape index (κ1) is 18.3. The van der Waals surface area contributed by atoms with Gasteiger partial charge in [0.15, 0.2) is 11.5 Å². The van der Waals surface area contributed by atoms with Gasteiger partial charge in [0.05, 0.1) is 7.11 Å². The number of hydrogen-bond acceptors (Lipinski definition) is 4. The molecule has 0 saturated heterocycles. The zero-order chi connectivity index (χ0) is 18.5. The molecular weight excluding hydrogens is 398 g/mol. The highest BCUT2D eigenvalue weighted by Gasteiger charge is 2.12. The van der Waals surface area contributed by atoms with Crippen molar-refractivity contribution in [1.82, 2.24) is 4.90 Å².